The van der Waals surface area contributed by atoms with E-state index in [-0.39, 0.29) is 5.60 Å². The zero-order chi connectivity index (χ0) is 27.0. The fourth-order valence-electron chi connectivity index (χ4n) is 5.97. The van der Waals surface area contributed by atoms with E-state index in [1.54, 1.807) is 0 Å². The molecule has 6 nitrogen and oxygen atoms in total. The Bertz CT molecular complexity index is 1490. The number of aryl methyl sites for hydroxylation is 1. The topological polar surface area (TPSA) is 51.9 Å². The van der Waals surface area contributed by atoms with Gasteiger partial charge in [0.2, 0.25) is 0 Å². The number of hydrogen-bond donors (Lipinski definition) is 0. The van der Waals surface area contributed by atoms with Gasteiger partial charge in [0.25, 0.3) is 0 Å². The average Bonchev–Trinajstić information content (AvgIpc) is 3.36. The minimum absolute atomic E-state index is 0.0905. The normalized spacial score (nSPS) is 17.7. The highest BCUT2D eigenvalue weighted by atomic mass is 35.5. The summed E-state index contributed by atoms with van der Waals surface area (Å²) in [6.45, 7) is 9.91. The van der Waals surface area contributed by atoms with E-state index >= 15 is 0 Å². The molecule has 0 saturated carbocycles. The van der Waals surface area contributed by atoms with Crippen molar-refractivity contribution >= 4 is 23.1 Å². The van der Waals surface area contributed by atoms with Gasteiger partial charge in [-0.05, 0) is 76.1 Å². The number of ether oxygens (including phenoxy) is 2. The Morgan fingerprint density at radius 3 is 2.56 bits per heavy atom. The molecule has 39 heavy (non-hydrogen) atoms. The molecule has 7 rings (SSSR count). The first-order chi connectivity index (χ1) is 19.0. The lowest BCUT2D eigenvalue weighted by Crippen LogP contribution is -2.45. The van der Waals surface area contributed by atoms with E-state index in [0.717, 1.165) is 97.7 Å². The molecule has 0 N–H and O–H groups in total. The van der Waals surface area contributed by atoms with Crippen LogP contribution >= 0.6 is 11.6 Å². The molecule has 3 aliphatic heterocycles. The third-order valence-electron chi connectivity index (χ3n) is 8.27. The molecule has 1 saturated heterocycles. The SMILES string of the molecule is CCc1c(C)nc2cc3nn2c1N1CCC(C)(CC1)OCCCCCOc1cccc(Cl)c1-c1cccc-3c1. The van der Waals surface area contributed by atoms with E-state index in [0.29, 0.717) is 11.6 Å². The van der Waals surface area contributed by atoms with Crippen molar-refractivity contribution in [1.82, 2.24) is 14.6 Å². The summed E-state index contributed by atoms with van der Waals surface area (Å²) in [6.07, 6.45) is 5.99. The molecule has 0 unspecified atom stereocenters. The van der Waals surface area contributed by atoms with Crippen LogP contribution in [0.15, 0.2) is 48.5 Å². The maximum Gasteiger partial charge on any atom is 0.158 e. The highest BCUT2D eigenvalue weighted by Crippen LogP contribution is 2.39. The van der Waals surface area contributed by atoms with E-state index in [4.69, 9.17) is 31.2 Å². The lowest BCUT2D eigenvalue weighted by molar-refractivity contribution is -0.0494. The molecule has 0 aliphatic carbocycles. The van der Waals surface area contributed by atoms with Gasteiger partial charge in [-0.25, -0.2) is 4.98 Å². The zero-order valence-electron chi connectivity index (χ0n) is 23.2. The van der Waals surface area contributed by atoms with Gasteiger partial charge < -0.3 is 14.4 Å². The number of hydrogen-bond acceptors (Lipinski definition) is 5. The summed E-state index contributed by atoms with van der Waals surface area (Å²) in [6, 6.07) is 16.4. The third kappa shape index (κ3) is 5.12. The Morgan fingerprint density at radius 1 is 0.974 bits per heavy atom. The van der Waals surface area contributed by atoms with Gasteiger partial charge >= 0.3 is 0 Å². The molecule has 1 fully saturated rings. The van der Waals surface area contributed by atoms with Gasteiger partial charge in [-0.1, -0.05) is 42.8 Å². The number of rotatable bonds is 1. The molecule has 2 aromatic carbocycles. The van der Waals surface area contributed by atoms with Crippen molar-refractivity contribution in [3.63, 3.8) is 0 Å². The largest absolute Gasteiger partial charge is 0.493 e. The molecular weight excluding hydrogens is 508 g/mol. The number of nitrogens with zero attached hydrogens (tertiary/aromatic N) is 4. The maximum absolute atomic E-state index is 6.74. The van der Waals surface area contributed by atoms with Crippen LogP contribution < -0.4 is 9.64 Å². The minimum atomic E-state index is -0.0905. The van der Waals surface area contributed by atoms with Crippen LogP contribution in [-0.4, -0.2) is 46.5 Å². The Kier molecular flexibility index (Phi) is 7.25. The van der Waals surface area contributed by atoms with Crippen LogP contribution in [0.5, 0.6) is 5.75 Å². The second-order valence-electron chi connectivity index (χ2n) is 11.0. The van der Waals surface area contributed by atoms with Gasteiger partial charge in [-0.2, -0.15) is 9.61 Å². The fraction of sp³-hybridized carbons (Fsp3) is 0.438. The van der Waals surface area contributed by atoms with Gasteiger partial charge in [0.15, 0.2) is 5.65 Å². The summed E-state index contributed by atoms with van der Waals surface area (Å²) in [5.41, 5.74) is 6.97. The molecule has 0 radical (unpaired) electrons. The van der Waals surface area contributed by atoms with E-state index < -0.39 is 0 Å². The van der Waals surface area contributed by atoms with Gasteiger partial charge in [0.1, 0.15) is 11.6 Å². The Labute approximate surface area is 235 Å². The van der Waals surface area contributed by atoms with Gasteiger partial charge in [0.05, 0.1) is 22.9 Å². The first-order valence-electron chi connectivity index (χ1n) is 14.3. The monoisotopic (exact) mass is 544 g/mol. The van der Waals surface area contributed by atoms with Crippen LogP contribution in [-0.2, 0) is 11.2 Å². The van der Waals surface area contributed by atoms with Gasteiger partial charge in [-0.15, -0.1) is 0 Å². The first kappa shape index (κ1) is 26.1. The van der Waals surface area contributed by atoms with Crippen LogP contribution in [0.1, 0.15) is 57.2 Å². The lowest BCUT2D eigenvalue weighted by Gasteiger charge is -2.41. The number of halogens is 1. The van der Waals surface area contributed by atoms with Gasteiger partial charge in [-0.3, -0.25) is 0 Å². The number of anilines is 1. The molecule has 0 spiro atoms. The Balaban J connectivity index is 1.48. The molecular formula is C32H37ClN4O2. The van der Waals surface area contributed by atoms with Crippen molar-refractivity contribution < 1.29 is 9.47 Å². The van der Waals surface area contributed by atoms with Crippen LogP contribution in [0.3, 0.4) is 0 Å². The van der Waals surface area contributed by atoms with Crippen LogP contribution in [0.4, 0.5) is 5.82 Å². The van der Waals surface area contributed by atoms with Crippen molar-refractivity contribution in [3.8, 4) is 28.1 Å². The van der Waals surface area contributed by atoms with Crippen molar-refractivity contribution in [2.45, 2.75) is 64.9 Å². The molecule has 5 heterocycles. The summed E-state index contributed by atoms with van der Waals surface area (Å²) < 4.78 is 14.8. The zero-order valence-corrected chi connectivity index (χ0v) is 23.9. The Morgan fingerprint density at radius 2 is 1.74 bits per heavy atom. The lowest BCUT2D eigenvalue weighted by atomic mass is 9.93. The molecule has 0 amide bonds. The van der Waals surface area contributed by atoms with E-state index in [1.165, 1.54) is 11.4 Å². The molecule has 7 heteroatoms. The molecule has 0 atom stereocenters. The average molecular weight is 545 g/mol. The summed E-state index contributed by atoms with van der Waals surface area (Å²) in [5, 5.41) is 5.82. The van der Waals surface area contributed by atoms with E-state index in [1.807, 2.05) is 18.2 Å². The predicted molar refractivity (Wildman–Crippen MR) is 158 cm³/mol. The van der Waals surface area contributed by atoms with Crippen LogP contribution in [0.2, 0.25) is 5.02 Å². The highest BCUT2D eigenvalue weighted by Gasteiger charge is 2.33. The molecule has 204 valence electrons. The number of aromatic nitrogens is 3. The van der Waals surface area contributed by atoms with Crippen molar-refractivity contribution in [2.75, 3.05) is 31.2 Å². The maximum atomic E-state index is 6.74. The van der Waals surface area contributed by atoms with E-state index in [2.05, 4.69) is 60.5 Å². The standard InChI is InChI=1S/C32H37ClN4O2/c1-4-25-22(2)34-29-21-27-23-10-8-11-24(20-23)30-26(33)12-9-13-28(30)38-18-6-5-7-19-39-32(3)14-16-36(17-15-32)31(25)37(29)35-27/h8-13,20-21H,4-7,14-19H2,1-3H3. The second-order valence-corrected chi connectivity index (χ2v) is 11.4. The third-order valence-corrected chi connectivity index (χ3v) is 8.59. The van der Waals surface area contributed by atoms with Crippen LogP contribution in [0.25, 0.3) is 28.0 Å². The number of fused-ring (bicyclic) bond motifs is 8. The van der Waals surface area contributed by atoms with E-state index in [9.17, 15) is 0 Å². The second kappa shape index (κ2) is 10.8. The van der Waals surface area contributed by atoms with Crippen LogP contribution in [0, 0.1) is 6.92 Å². The molecule has 6 bridgehead atoms. The molecule has 3 aliphatic rings. The highest BCUT2D eigenvalue weighted by molar-refractivity contribution is 6.33. The Hall–Kier alpha value is -3.09. The van der Waals surface area contributed by atoms with Crippen molar-refractivity contribution in [2.24, 2.45) is 0 Å². The summed E-state index contributed by atoms with van der Waals surface area (Å²) in [4.78, 5) is 7.46. The summed E-state index contributed by atoms with van der Waals surface area (Å²) >= 11 is 6.74. The molecule has 2 aromatic heterocycles. The first-order valence-corrected chi connectivity index (χ1v) is 14.6. The van der Waals surface area contributed by atoms with Crippen molar-refractivity contribution in [1.29, 1.82) is 0 Å². The smallest absolute Gasteiger partial charge is 0.158 e. The quantitative estimate of drug-likeness (QED) is 0.248. The minimum Gasteiger partial charge on any atom is -0.493 e. The summed E-state index contributed by atoms with van der Waals surface area (Å²) in [5.74, 6) is 1.98. The predicted octanol–water partition coefficient (Wildman–Crippen LogP) is 7.53. The number of piperidine rings is 1. The number of benzene rings is 2. The summed E-state index contributed by atoms with van der Waals surface area (Å²) in [7, 11) is 0. The fourth-order valence-corrected chi connectivity index (χ4v) is 6.25. The molecule has 4 aromatic rings. The van der Waals surface area contributed by atoms with Gasteiger partial charge in [0, 0.05) is 48.1 Å². The van der Waals surface area contributed by atoms with Crippen molar-refractivity contribution in [3.05, 3.63) is 64.8 Å².